The van der Waals surface area contributed by atoms with E-state index in [0.29, 0.717) is 11.5 Å². The van der Waals surface area contributed by atoms with Crippen LogP contribution >= 0.6 is 0 Å². The number of carbonyl (C=O) groups is 1. The minimum Gasteiger partial charge on any atom is -0.383 e. The van der Waals surface area contributed by atoms with Gasteiger partial charge in [-0.15, -0.1) is 0 Å². The Bertz CT molecular complexity index is 416. The van der Waals surface area contributed by atoms with E-state index in [9.17, 15) is 4.79 Å². The summed E-state index contributed by atoms with van der Waals surface area (Å²) in [5.74, 6) is 0.398. The molecule has 2 aliphatic heterocycles. The number of likely N-dealkylation sites (tertiary alicyclic amines) is 1. The maximum absolute atomic E-state index is 11.8. The number of nitrogens with zero attached hydrogens (tertiary/aromatic N) is 4. The van der Waals surface area contributed by atoms with Gasteiger partial charge in [0.1, 0.15) is 5.84 Å². The lowest BCUT2D eigenvalue weighted by Gasteiger charge is -2.20. The molecule has 2 aliphatic rings. The van der Waals surface area contributed by atoms with Crippen molar-refractivity contribution in [2.75, 3.05) is 27.2 Å². The summed E-state index contributed by atoms with van der Waals surface area (Å²) in [6, 6.07) is 0. The van der Waals surface area contributed by atoms with Crippen molar-refractivity contribution in [1.82, 2.24) is 9.80 Å². The van der Waals surface area contributed by atoms with Gasteiger partial charge in [-0.3, -0.25) is 4.79 Å². The zero-order chi connectivity index (χ0) is 12.4. The molecule has 0 aliphatic carbocycles. The van der Waals surface area contributed by atoms with E-state index in [0.717, 1.165) is 25.9 Å². The molecule has 0 radical (unpaired) electrons. The zero-order valence-electron chi connectivity index (χ0n) is 10.2. The average molecular weight is 235 g/mol. The van der Waals surface area contributed by atoms with Gasteiger partial charge >= 0.3 is 0 Å². The quantitative estimate of drug-likeness (QED) is 0.638. The van der Waals surface area contributed by atoms with Crippen LogP contribution in [0.25, 0.3) is 0 Å². The van der Waals surface area contributed by atoms with Crippen molar-refractivity contribution < 1.29 is 4.79 Å². The van der Waals surface area contributed by atoms with Crippen LogP contribution in [0.3, 0.4) is 0 Å². The SMILES string of the molecule is CN(C)/C=C1/C(=O)N=C(N2CCCC2)N=C1N. The highest BCUT2D eigenvalue weighted by atomic mass is 16.1. The Balaban J connectivity index is 2.23. The Morgan fingerprint density at radius 3 is 2.47 bits per heavy atom. The van der Waals surface area contributed by atoms with Gasteiger partial charge in [-0.2, -0.15) is 9.98 Å². The highest BCUT2D eigenvalue weighted by Crippen LogP contribution is 2.14. The number of guanidine groups is 1. The van der Waals surface area contributed by atoms with Gasteiger partial charge in [-0.25, -0.2) is 0 Å². The lowest BCUT2D eigenvalue weighted by molar-refractivity contribution is -0.114. The molecular formula is C11H17N5O. The molecule has 0 aromatic carbocycles. The van der Waals surface area contributed by atoms with Crippen molar-refractivity contribution in [2.45, 2.75) is 12.8 Å². The minimum absolute atomic E-state index is 0.251. The minimum atomic E-state index is -0.312. The van der Waals surface area contributed by atoms with Gasteiger partial charge in [-0.05, 0) is 12.8 Å². The van der Waals surface area contributed by atoms with E-state index in [2.05, 4.69) is 9.98 Å². The normalized spacial score (nSPS) is 22.8. The number of carbonyl (C=O) groups excluding carboxylic acids is 1. The Morgan fingerprint density at radius 1 is 1.29 bits per heavy atom. The van der Waals surface area contributed by atoms with Crippen LogP contribution in [0.4, 0.5) is 0 Å². The Labute approximate surface area is 100 Å². The zero-order valence-corrected chi connectivity index (χ0v) is 10.2. The third-order valence-electron chi connectivity index (χ3n) is 2.70. The van der Waals surface area contributed by atoms with E-state index in [-0.39, 0.29) is 11.7 Å². The smallest absolute Gasteiger partial charge is 0.285 e. The van der Waals surface area contributed by atoms with Crippen molar-refractivity contribution in [2.24, 2.45) is 15.7 Å². The molecule has 6 nitrogen and oxygen atoms in total. The molecule has 2 N–H and O–H groups in total. The molecule has 0 aromatic rings. The summed E-state index contributed by atoms with van der Waals surface area (Å²) >= 11 is 0. The second-order valence-corrected chi connectivity index (χ2v) is 4.41. The molecule has 1 saturated heterocycles. The van der Waals surface area contributed by atoms with Crippen LogP contribution in [-0.4, -0.2) is 54.7 Å². The van der Waals surface area contributed by atoms with Crippen molar-refractivity contribution in [3.63, 3.8) is 0 Å². The summed E-state index contributed by atoms with van der Waals surface area (Å²) in [4.78, 5) is 23.8. The van der Waals surface area contributed by atoms with Crippen LogP contribution in [0.1, 0.15) is 12.8 Å². The van der Waals surface area contributed by atoms with Gasteiger partial charge in [-0.1, -0.05) is 0 Å². The fraction of sp³-hybridized carbons (Fsp3) is 0.545. The molecule has 0 unspecified atom stereocenters. The molecular weight excluding hydrogens is 218 g/mol. The summed E-state index contributed by atoms with van der Waals surface area (Å²) < 4.78 is 0. The van der Waals surface area contributed by atoms with Crippen molar-refractivity contribution in [3.8, 4) is 0 Å². The molecule has 92 valence electrons. The number of rotatable bonds is 1. The van der Waals surface area contributed by atoms with Crippen molar-refractivity contribution >= 4 is 17.7 Å². The first-order valence-corrected chi connectivity index (χ1v) is 5.68. The number of amides is 1. The molecule has 0 atom stereocenters. The van der Waals surface area contributed by atoms with Crippen molar-refractivity contribution in [3.05, 3.63) is 11.8 Å². The van der Waals surface area contributed by atoms with E-state index in [4.69, 9.17) is 5.73 Å². The molecule has 2 heterocycles. The lowest BCUT2D eigenvalue weighted by Crippen LogP contribution is -2.35. The maximum atomic E-state index is 11.8. The van der Waals surface area contributed by atoms with Gasteiger partial charge < -0.3 is 15.5 Å². The van der Waals surface area contributed by atoms with Crippen LogP contribution in [0.15, 0.2) is 21.8 Å². The van der Waals surface area contributed by atoms with Gasteiger partial charge in [0, 0.05) is 33.4 Å². The molecule has 17 heavy (non-hydrogen) atoms. The third kappa shape index (κ3) is 2.46. The number of hydrogen-bond donors (Lipinski definition) is 1. The predicted octanol–water partition coefficient (Wildman–Crippen LogP) is -0.219. The molecule has 0 spiro atoms. The van der Waals surface area contributed by atoms with E-state index < -0.39 is 0 Å². The van der Waals surface area contributed by atoms with Crippen LogP contribution in [0, 0.1) is 0 Å². The van der Waals surface area contributed by atoms with E-state index >= 15 is 0 Å². The summed E-state index contributed by atoms with van der Waals surface area (Å²) in [5, 5.41) is 0. The highest BCUT2D eigenvalue weighted by molar-refractivity contribution is 6.27. The molecule has 1 fully saturated rings. The Hall–Kier alpha value is -1.85. The van der Waals surface area contributed by atoms with Gasteiger partial charge in [0.05, 0.1) is 5.57 Å². The topological polar surface area (TPSA) is 74.3 Å². The standard InChI is InChI=1S/C11H17N5O/c1-15(2)7-8-9(12)13-11(14-10(8)17)16-5-3-4-6-16/h7H,3-6H2,1-2H3,(H2,12,13,14,17)/b8-7+. The van der Waals surface area contributed by atoms with Crippen LogP contribution in [-0.2, 0) is 4.79 Å². The van der Waals surface area contributed by atoms with Gasteiger partial charge in [0.15, 0.2) is 0 Å². The Kier molecular flexibility index (Phi) is 3.12. The predicted molar refractivity (Wildman–Crippen MR) is 66.6 cm³/mol. The molecule has 0 bridgehead atoms. The second kappa shape index (κ2) is 4.57. The molecule has 2 rings (SSSR count). The summed E-state index contributed by atoms with van der Waals surface area (Å²) in [7, 11) is 3.65. The van der Waals surface area contributed by atoms with E-state index in [1.54, 1.807) is 11.1 Å². The highest BCUT2D eigenvalue weighted by Gasteiger charge is 2.24. The molecule has 0 aromatic heterocycles. The summed E-state index contributed by atoms with van der Waals surface area (Å²) in [6.45, 7) is 1.80. The number of hydrogen-bond acceptors (Lipinski definition) is 5. The van der Waals surface area contributed by atoms with Crippen LogP contribution in [0.2, 0.25) is 0 Å². The van der Waals surface area contributed by atoms with E-state index in [1.165, 1.54) is 0 Å². The molecule has 6 heteroatoms. The fourth-order valence-electron chi connectivity index (χ4n) is 1.89. The van der Waals surface area contributed by atoms with Crippen LogP contribution < -0.4 is 5.73 Å². The average Bonchev–Trinajstić information content (AvgIpc) is 2.76. The lowest BCUT2D eigenvalue weighted by atomic mass is 10.2. The fourth-order valence-corrected chi connectivity index (χ4v) is 1.89. The first kappa shape index (κ1) is 11.6. The van der Waals surface area contributed by atoms with Gasteiger partial charge in [0.2, 0.25) is 5.96 Å². The van der Waals surface area contributed by atoms with Crippen LogP contribution in [0.5, 0.6) is 0 Å². The Morgan fingerprint density at radius 2 is 1.94 bits per heavy atom. The number of nitrogens with two attached hydrogens (primary N) is 1. The summed E-state index contributed by atoms with van der Waals surface area (Å²) in [6.07, 6.45) is 3.87. The monoisotopic (exact) mass is 235 g/mol. The van der Waals surface area contributed by atoms with E-state index in [1.807, 2.05) is 19.0 Å². The summed E-state index contributed by atoms with van der Waals surface area (Å²) in [5.41, 5.74) is 6.16. The largest absolute Gasteiger partial charge is 0.383 e. The van der Waals surface area contributed by atoms with Gasteiger partial charge in [0.25, 0.3) is 5.91 Å². The van der Waals surface area contributed by atoms with Crippen molar-refractivity contribution in [1.29, 1.82) is 0 Å². The first-order valence-electron chi connectivity index (χ1n) is 5.68. The maximum Gasteiger partial charge on any atom is 0.285 e. The number of aliphatic imine (C=N–C) groups is 2. The molecule has 1 amide bonds. The third-order valence-corrected chi connectivity index (χ3v) is 2.70. The number of amidine groups is 1. The second-order valence-electron chi connectivity index (χ2n) is 4.41. The first-order chi connectivity index (χ1) is 8.08. The molecule has 0 saturated carbocycles.